The molecule has 0 bridgehead atoms. The van der Waals surface area contributed by atoms with Crippen LogP contribution >= 0.6 is 0 Å². The predicted molar refractivity (Wildman–Crippen MR) is 30.2 cm³/mol. The summed E-state index contributed by atoms with van der Waals surface area (Å²) in [4.78, 5) is 0. The molecule has 0 saturated carbocycles. The quantitative estimate of drug-likeness (QED) is 0.334. The first-order valence-corrected chi connectivity index (χ1v) is 4.19. The van der Waals surface area contributed by atoms with Gasteiger partial charge in [0.25, 0.3) is 0 Å². The Balaban J connectivity index is 3.94. The first kappa shape index (κ1) is 5.71. The third-order valence-electron chi connectivity index (χ3n) is 0.311. The molecule has 0 heterocycles. The second-order valence-electron chi connectivity index (χ2n) is 1.48. The molecule has 6 heavy (non-hydrogen) atoms. The Labute approximate surface area is 39.2 Å². The minimum Gasteiger partial charge on any atom is -0.274 e. The van der Waals surface area contributed by atoms with Gasteiger partial charge in [0.1, 0.15) is 0 Å². The fourth-order valence-electron chi connectivity index (χ4n) is 0. The van der Waals surface area contributed by atoms with E-state index in [9.17, 15) is 4.21 Å². The van der Waals surface area contributed by atoms with Gasteiger partial charge in [-0.3, -0.25) is 4.21 Å². The zero-order valence-electron chi connectivity index (χ0n) is 3.93. The Morgan fingerprint density at radius 1 is 1.67 bits per heavy atom. The first-order valence-electron chi connectivity index (χ1n) is 1.59. The standard InChI is InChI=1S/C4H8OS/c1-4-6(2,3)5/h1,6H,2-3H3. The lowest BCUT2D eigenvalue weighted by Gasteiger charge is -1.95. The van der Waals surface area contributed by atoms with E-state index in [1.54, 1.807) is 12.5 Å². The van der Waals surface area contributed by atoms with Gasteiger partial charge in [0.2, 0.25) is 0 Å². The molecule has 0 aliphatic carbocycles. The van der Waals surface area contributed by atoms with Crippen LogP contribution in [0.1, 0.15) is 0 Å². The molecule has 0 N–H and O–H groups in total. The summed E-state index contributed by atoms with van der Waals surface area (Å²) in [7, 11) is -2.12. The van der Waals surface area contributed by atoms with Crippen molar-refractivity contribution in [2.24, 2.45) is 0 Å². The van der Waals surface area contributed by atoms with E-state index in [1.165, 1.54) is 0 Å². The van der Waals surface area contributed by atoms with E-state index in [4.69, 9.17) is 6.42 Å². The van der Waals surface area contributed by atoms with Gasteiger partial charge in [-0.1, -0.05) is 9.93 Å². The maximum absolute atomic E-state index is 10.3. The summed E-state index contributed by atoms with van der Waals surface area (Å²) in [6.45, 7) is 0. The second kappa shape index (κ2) is 1.44. The second-order valence-corrected chi connectivity index (χ2v) is 4.44. The summed E-state index contributed by atoms with van der Waals surface area (Å²) in [6, 6.07) is 0. The molecule has 0 amide bonds. The number of hydrogen-bond donors (Lipinski definition) is 1. The van der Waals surface area contributed by atoms with Crippen molar-refractivity contribution in [3.63, 3.8) is 0 Å². The Bertz CT molecular complexity index is 114. The third kappa shape index (κ3) is 3.71. The minimum absolute atomic E-state index is 1.56. The molecule has 36 valence electrons. The normalized spacial score (nSPS) is 12.8. The lowest BCUT2D eigenvalue weighted by molar-refractivity contribution is 0.685. The largest absolute Gasteiger partial charge is 0.274 e. The van der Waals surface area contributed by atoms with E-state index in [0.29, 0.717) is 0 Å². The van der Waals surface area contributed by atoms with E-state index in [2.05, 4.69) is 5.25 Å². The minimum atomic E-state index is -2.12. The van der Waals surface area contributed by atoms with Crippen molar-refractivity contribution in [3.8, 4) is 11.7 Å². The van der Waals surface area contributed by atoms with Crippen LogP contribution in [-0.2, 0) is 9.93 Å². The highest BCUT2D eigenvalue weighted by Gasteiger charge is 1.85. The van der Waals surface area contributed by atoms with Crippen molar-refractivity contribution < 1.29 is 4.21 Å². The molecule has 0 rings (SSSR count). The summed E-state index contributed by atoms with van der Waals surface area (Å²) >= 11 is 0. The van der Waals surface area contributed by atoms with Crippen LogP contribution in [0.2, 0.25) is 0 Å². The predicted octanol–water partition coefficient (Wildman–Crippen LogP) is -0.147. The van der Waals surface area contributed by atoms with Gasteiger partial charge in [0.05, 0.1) is 0 Å². The zero-order chi connectivity index (χ0) is 5.21. The maximum atomic E-state index is 10.3. The van der Waals surface area contributed by atoms with Gasteiger partial charge in [-0.2, -0.15) is 0 Å². The van der Waals surface area contributed by atoms with Crippen LogP contribution in [0.5, 0.6) is 0 Å². The number of hydrogen-bond acceptors (Lipinski definition) is 1. The summed E-state index contributed by atoms with van der Waals surface area (Å²) in [6.07, 6.45) is 7.92. The number of terminal acetylenes is 1. The van der Waals surface area contributed by atoms with Crippen molar-refractivity contribution >= 4 is 9.93 Å². The molecule has 0 radical (unpaired) electrons. The third-order valence-corrected chi connectivity index (χ3v) is 0.933. The molecule has 2 heteroatoms. The highest BCUT2D eigenvalue weighted by Crippen LogP contribution is 1.83. The molecule has 0 aromatic heterocycles. The topological polar surface area (TPSA) is 17.1 Å². The summed E-state index contributed by atoms with van der Waals surface area (Å²) < 4.78 is 10.3. The lowest BCUT2D eigenvalue weighted by atomic mass is 11.4. The van der Waals surface area contributed by atoms with E-state index in [0.717, 1.165) is 0 Å². The highest BCUT2D eigenvalue weighted by molar-refractivity contribution is 8.06. The monoisotopic (exact) mass is 104 g/mol. The number of rotatable bonds is 0. The van der Waals surface area contributed by atoms with Gasteiger partial charge in [-0.15, -0.1) is 6.42 Å². The van der Waals surface area contributed by atoms with Crippen LogP contribution in [0.4, 0.5) is 0 Å². The molecule has 0 aliphatic heterocycles. The molecule has 0 aromatic rings. The Morgan fingerprint density at radius 3 is 1.83 bits per heavy atom. The van der Waals surface area contributed by atoms with Gasteiger partial charge in [-0.05, 0) is 17.8 Å². The maximum Gasteiger partial charge on any atom is -0.000478 e. The number of thiol groups is 1. The SMILES string of the molecule is C#C[SH](C)(C)=O. The van der Waals surface area contributed by atoms with E-state index in [-0.39, 0.29) is 0 Å². The van der Waals surface area contributed by atoms with Gasteiger partial charge in [0, 0.05) is 0 Å². The van der Waals surface area contributed by atoms with Gasteiger partial charge >= 0.3 is 0 Å². The average Bonchev–Trinajstić information content (AvgIpc) is 1.35. The molecule has 0 aromatic carbocycles. The summed E-state index contributed by atoms with van der Waals surface area (Å²) in [5, 5.41) is 2.16. The molecule has 0 fully saturated rings. The van der Waals surface area contributed by atoms with Crippen LogP contribution in [0.25, 0.3) is 0 Å². The highest BCUT2D eigenvalue weighted by atomic mass is 32.2. The van der Waals surface area contributed by atoms with Crippen LogP contribution in [-0.4, -0.2) is 16.7 Å². The Hall–Kier alpha value is -0.290. The molecule has 0 atom stereocenters. The van der Waals surface area contributed by atoms with E-state index >= 15 is 0 Å². The van der Waals surface area contributed by atoms with Crippen LogP contribution < -0.4 is 0 Å². The zero-order valence-corrected chi connectivity index (χ0v) is 4.83. The fourth-order valence-corrected chi connectivity index (χ4v) is 0. The smallest absolute Gasteiger partial charge is 0.000478 e. The van der Waals surface area contributed by atoms with Crippen molar-refractivity contribution in [1.29, 1.82) is 0 Å². The molecular formula is C4H8OS. The Morgan fingerprint density at radius 2 is 1.83 bits per heavy atom. The van der Waals surface area contributed by atoms with E-state index < -0.39 is 9.93 Å². The van der Waals surface area contributed by atoms with Crippen LogP contribution in [0.15, 0.2) is 0 Å². The van der Waals surface area contributed by atoms with Crippen molar-refractivity contribution in [2.75, 3.05) is 12.5 Å². The molecule has 0 saturated heterocycles. The van der Waals surface area contributed by atoms with Crippen LogP contribution in [0.3, 0.4) is 0 Å². The van der Waals surface area contributed by atoms with Gasteiger partial charge in [-0.25, -0.2) is 0 Å². The lowest BCUT2D eigenvalue weighted by Crippen LogP contribution is -1.98. The molecule has 0 unspecified atom stereocenters. The van der Waals surface area contributed by atoms with E-state index in [1.807, 2.05) is 0 Å². The van der Waals surface area contributed by atoms with Gasteiger partial charge in [0.15, 0.2) is 0 Å². The average molecular weight is 104 g/mol. The summed E-state index contributed by atoms with van der Waals surface area (Å²) in [5.74, 6) is 0. The van der Waals surface area contributed by atoms with Crippen molar-refractivity contribution in [1.82, 2.24) is 0 Å². The van der Waals surface area contributed by atoms with Crippen molar-refractivity contribution in [3.05, 3.63) is 0 Å². The molecular weight excluding hydrogens is 96.1 g/mol. The van der Waals surface area contributed by atoms with Crippen molar-refractivity contribution in [2.45, 2.75) is 0 Å². The Kier molecular flexibility index (Phi) is 1.37. The first-order chi connectivity index (χ1) is 2.56. The fraction of sp³-hybridized carbons (Fsp3) is 0.500. The molecule has 0 spiro atoms. The van der Waals surface area contributed by atoms with Gasteiger partial charge < -0.3 is 0 Å². The molecule has 1 nitrogen and oxygen atoms in total. The summed E-state index contributed by atoms with van der Waals surface area (Å²) in [5.41, 5.74) is 0. The van der Waals surface area contributed by atoms with Crippen LogP contribution in [0, 0.1) is 11.7 Å². The molecule has 0 aliphatic rings.